The average molecular weight is 346 g/mol. The molecule has 6 nitrogen and oxygen atoms in total. The number of ether oxygens (including phenoxy) is 1. The molecule has 3 aromatic heterocycles. The first-order valence-electron chi connectivity index (χ1n) is 6.67. The Morgan fingerprint density at radius 3 is 2.90 bits per heavy atom. The molecule has 0 unspecified atom stereocenters. The predicted octanol–water partition coefficient (Wildman–Crippen LogP) is 3.06. The molecule has 1 N–H and O–H groups in total. The van der Waals surface area contributed by atoms with Crippen LogP contribution in [0.3, 0.4) is 0 Å². The van der Waals surface area contributed by atoms with E-state index in [1.54, 1.807) is 19.6 Å². The molecule has 0 bridgehead atoms. The monoisotopic (exact) mass is 345 g/mol. The summed E-state index contributed by atoms with van der Waals surface area (Å²) in [7, 11) is 1.62. The Morgan fingerprint density at radius 1 is 1.29 bits per heavy atom. The van der Waals surface area contributed by atoms with Crippen LogP contribution < -0.4 is 4.74 Å². The summed E-state index contributed by atoms with van der Waals surface area (Å²) in [4.78, 5) is 13.2. The quantitative estimate of drug-likeness (QED) is 0.789. The largest absolute Gasteiger partial charge is 0.480 e. The first-order valence-corrected chi connectivity index (χ1v) is 7.46. The number of aromatic amines is 1. The van der Waals surface area contributed by atoms with Gasteiger partial charge in [-0.3, -0.25) is 10.1 Å². The van der Waals surface area contributed by atoms with Crippen LogP contribution in [0.5, 0.6) is 5.88 Å². The Balaban J connectivity index is 1.96. The fraction of sp³-hybridized carbons (Fsp3) is 0.286. The number of hydrogen-bond donors (Lipinski definition) is 1. The van der Waals surface area contributed by atoms with Gasteiger partial charge < -0.3 is 4.74 Å². The molecule has 0 aromatic carbocycles. The van der Waals surface area contributed by atoms with Crippen LogP contribution in [0.2, 0.25) is 0 Å². The van der Waals surface area contributed by atoms with Crippen molar-refractivity contribution in [1.82, 2.24) is 25.1 Å². The number of rotatable bonds is 3. The number of methoxy groups -OCH3 is 1. The van der Waals surface area contributed by atoms with Crippen LogP contribution in [0.4, 0.5) is 0 Å². The third-order valence-corrected chi connectivity index (χ3v) is 4.26. The van der Waals surface area contributed by atoms with Crippen LogP contribution in [-0.2, 0) is 0 Å². The molecule has 21 heavy (non-hydrogen) atoms. The lowest BCUT2D eigenvalue weighted by molar-refractivity contribution is 0.397. The molecule has 1 fully saturated rings. The van der Waals surface area contributed by atoms with Crippen molar-refractivity contribution in [2.24, 2.45) is 0 Å². The Bertz CT molecular complexity index is 827. The van der Waals surface area contributed by atoms with Gasteiger partial charge in [0.05, 0.1) is 35.8 Å². The number of pyridine rings is 1. The summed E-state index contributed by atoms with van der Waals surface area (Å²) in [5, 5.41) is 8.03. The van der Waals surface area contributed by atoms with E-state index in [-0.39, 0.29) is 0 Å². The average Bonchev–Trinajstić information content (AvgIpc) is 3.31. The number of nitrogens with one attached hydrogen (secondary N) is 1. The van der Waals surface area contributed by atoms with Crippen LogP contribution >= 0.6 is 15.9 Å². The zero-order valence-corrected chi connectivity index (χ0v) is 12.9. The van der Waals surface area contributed by atoms with Crippen LogP contribution in [0.15, 0.2) is 23.2 Å². The van der Waals surface area contributed by atoms with E-state index in [1.807, 2.05) is 6.07 Å². The number of aromatic nitrogens is 5. The van der Waals surface area contributed by atoms with Gasteiger partial charge in [0, 0.05) is 11.3 Å². The molecule has 1 saturated carbocycles. The van der Waals surface area contributed by atoms with Gasteiger partial charge in [0.2, 0.25) is 5.88 Å². The van der Waals surface area contributed by atoms with Crippen molar-refractivity contribution in [3.63, 3.8) is 0 Å². The molecule has 106 valence electrons. The van der Waals surface area contributed by atoms with Gasteiger partial charge in [0.25, 0.3) is 0 Å². The molecule has 1 aliphatic carbocycles. The predicted molar refractivity (Wildman–Crippen MR) is 81.1 cm³/mol. The minimum absolute atomic E-state index is 0.488. The van der Waals surface area contributed by atoms with Crippen molar-refractivity contribution in [2.75, 3.05) is 7.11 Å². The number of nitrogens with zero attached hydrogens (tertiary/aromatic N) is 4. The molecule has 3 heterocycles. The van der Waals surface area contributed by atoms with E-state index in [4.69, 9.17) is 4.74 Å². The lowest BCUT2D eigenvalue weighted by atomic mass is 10.1. The van der Waals surface area contributed by atoms with Crippen molar-refractivity contribution in [3.05, 3.63) is 28.9 Å². The van der Waals surface area contributed by atoms with Crippen molar-refractivity contribution >= 4 is 26.8 Å². The molecule has 0 aliphatic heterocycles. The number of fused-ring (bicyclic) bond motifs is 1. The van der Waals surface area contributed by atoms with Crippen molar-refractivity contribution in [2.45, 2.75) is 18.8 Å². The highest BCUT2D eigenvalue weighted by Crippen LogP contribution is 2.45. The second-order valence-electron chi connectivity index (χ2n) is 5.05. The molecular formula is C14H12BrN5O. The van der Waals surface area contributed by atoms with Gasteiger partial charge in [-0.1, -0.05) is 0 Å². The second kappa shape index (κ2) is 4.77. The molecule has 7 heteroatoms. The fourth-order valence-electron chi connectivity index (χ4n) is 2.47. The first-order chi connectivity index (χ1) is 10.3. The van der Waals surface area contributed by atoms with Crippen LogP contribution in [-0.4, -0.2) is 32.3 Å². The highest BCUT2D eigenvalue weighted by atomic mass is 79.9. The van der Waals surface area contributed by atoms with Gasteiger partial charge in [0.1, 0.15) is 10.9 Å². The van der Waals surface area contributed by atoms with E-state index in [0.717, 1.165) is 45.3 Å². The van der Waals surface area contributed by atoms with E-state index in [9.17, 15) is 0 Å². The van der Waals surface area contributed by atoms with Crippen LogP contribution in [0.1, 0.15) is 24.5 Å². The van der Waals surface area contributed by atoms with E-state index >= 15 is 0 Å². The molecule has 1 aliphatic rings. The van der Waals surface area contributed by atoms with Gasteiger partial charge in [-0.05, 0) is 34.8 Å². The summed E-state index contributed by atoms with van der Waals surface area (Å²) >= 11 is 3.44. The third-order valence-electron chi connectivity index (χ3n) is 3.66. The molecule has 0 spiro atoms. The zero-order chi connectivity index (χ0) is 14.4. The van der Waals surface area contributed by atoms with Crippen LogP contribution in [0.25, 0.3) is 22.2 Å². The zero-order valence-electron chi connectivity index (χ0n) is 11.3. The number of halogens is 1. The normalized spacial score (nSPS) is 14.6. The van der Waals surface area contributed by atoms with E-state index < -0.39 is 0 Å². The summed E-state index contributed by atoms with van der Waals surface area (Å²) in [5.41, 5.74) is 3.60. The maximum atomic E-state index is 5.42. The maximum absolute atomic E-state index is 5.42. The Hall–Kier alpha value is -2.02. The van der Waals surface area contributed by atoms with Gasteiger partial charge in [-0.25, -0.2) is 9.97 Å². The van der Waals surface area contributed by atoms with E-state index in [2.05, 4.69) is 41.1 Å². The fourth-order valence-corrected chi connectivity index (χ4v) is 2.88. The van der Waals surface area contributed by atoms with Gasteiger partial charge >= 0.3 is 0 Å². The first kappa shape index (κ1) is 12.7. The molecule has 0 saturated heterocycles. The summed E-state index contributed by atoms with van der Waals surface area (Å²) in [6.45, 7) is 0. The van der Waals surface area contributed by atoms with E-state index in [1.165, 1.54) is 0 Å². The Kier molecular flexibility index (Phi) is 2.88. The minimum Gasteiger partial charge on any atom is -0.480 e. The van der Waals surface area contributed by atoms with Crippen molar-refractivity contribution in [1.29, 1.82) is 0 Å². The molecule has 0 radical (unpaired) electrons. The molecule has 0 atom stereocenters. The summed E-state index contributed by atoms with van der Waals surface area (Å²) in [5.74, 6) is 1.06. The Morgan fingerprint density at radius 2 is 2.14 bits per heavy atom. The topological polar surface area (TPSA) is 76.6 Å². The molecular weight excluding hydrogens is 334 g/mol. The van der Waals surface area contributed by atoms with E-state index in [0.29, 0.717) is 11.8 Å². The smallest absolute Gasteiger partial charge is 0.226 e. The standard InChI is InChI=1S/C14H12BrN5O/c1-21-14-11(12(7-2-3-7)17-6-18-14)9-4-8-10(5-16-9)19-20-13(8)15/h4-7H,2-3H2,1H3,(H,19,20). The lowest BCUT2D eigenvalue weighted by Gasteiger charge is -2.11. The van der Waals surface area contributed by atoms with Crippen molar-refractivity contribution < 1.29 is 4.74 Å². The molecule has 4 rings (SSSR count). The van der Waals surface area contributed by atoms with Crippen LogP contribution in [0, 0.1) is 0 Å². The second-order valence-corrected chi connectivity index (χ2v) is 5.80. The summed E-state index contributed by atoms with van der Waals surface area (Å²) in [6.07, 6.45) is 5.64. The highest BCUT2D eigenvalue weighted by molar-refractivity contribution is 9.10. The maximum Gasteiger partial charge on any atom is 0.226 e. The third kappa shape index (κ3) is 2.08. The van der Waals surface area contributed by atoms with Gasteiger partial charge in [0.15, 0.2) is 0 Å². The molecule has 0 amide bonds. The minimum atomic E-state index is 0.488. The van der Waals surface area contributed by atoms with Crippen molar-refractivity contribution in [3.8, 4) is 17.1 Å². The SMILES string of the molecule is COc1ncnc(C2CC2)c1-c1cc2c(Br)n[nH]c2cn1. The van der Waals surface area contributed by atoms with Gasteiger partial charge in [-0.15, -0.1) is 0 Å². The Labute approximate surface area is 129 Å². The summed E-state index contributed by atoms with van der Waals surface area (Å²) < 4.78 is 6.18. The summed E-state index contributed by atoms with van der Waals surface area (Å²) in [6, 6.07) is 1.98. The highest BCUT2D eigenvalue weighted by Gasteiger charge is 2.30. The lowest BCUT2D eigenvalue weighted by Crippen LogP contribution is -2.00. The number of H-pyrrole nitrogens is 1. The number of hydrogen-bond acceptors (Lipinski definition) is 5. The molecule has 3 aromatic rings. The van der Waals surface area contributed by atoms with Gasteiger partial charge in [-0.2, -0.15) is 5.10 Å².